The summed E-state index contributed by atoms with van der Waals surface area (Å²) in [5.41, 5.74) is -0.849. The summed E-state index contributed by atoms with van der Waals surface area (Å²) in [5, 5.41) is 4.57. The SMILES string of the molecule is O=C(Nc1ccc(F)cc1F)c1cnc(Nc2ccc(F)c(F)c2F)cn1. The van der Waals surface area contributed by atoms with Crippen LogP contribution in [0.1, 0.15) is 10.5 Å². The van der Waals surface area contributed by atoms with Gasteiger partial charge in [-0.05, 0) is 24.3 Å². The van der Waals surface area contributed by atoms with E-state index in [2.05, 4.69) is 20.6 Å². The second-order valence-corrected chi connectivity index (χ2v) is 5.21. The minimum atomic E-state index is -1.65. The third-order valence-electron chi connectivity index (χ3n) is 3.36. The lowest BCUT2D eigenvalue weighted by molar-refractivity contribution is 0.102. The Kier molecular flexibility index (Phi) is 4.97. The highest BCUT2D eigenvalue weighted by atomic mass is 19.2. The summed E-state index contributed by atoms with van der Waals surface area (Å²) in [7, 11) is 0. The highest BCUT2D eigenvalue weighted by Gasteiger charge is 2.15. The van der Waals surface area contributed by atoms with Crippen molar-refractivity contribution < 1.29 is 26.7 Å². The van der Waals surface area contributed by atoms with Gasteiger partial charge in [-0.15, -0.1) is 0 Å². The number of nitrogens with zero attached hydrogens (tertiary/aromatic N) is 2. The molecule has 5 nitrogen and oxygen atoms in total. The first-order valence-corrected chi connectivity index (χ1v) is 7.34. The molecule has 3 rings (SSSR count). The quantitative estimate of drug-likeness (QED) is 0.527. The van der Waals surface area contributed by atoms with Gasteiger partial charge in [-0.2, -0.15) is 0 Å². The molecule has 3 aromatic rings. The Labute approximate surface area is 148 Å². The Bertz CT molecular complexity index is 1010. The van der Waals surface area contributed by atoms with E-state index < -0.39 is 35.0 Å². The number of rotatable bonds is 4. The lowest BCUT2D eigenvalue weighted by Gasteiger charge is -2.08. The molecule has 27 heavy (non-hydrogen) atoms. The largest absolute Gasteiger partial charge is 0.336 e. The average molecular weight is 380 g/mol. The molecule has 10 heteroatoms. The molecule has 1 amide bonds. The maximum atomic E-state index is 13.6. The van der Waals surface area contributed by atoms with Crippen molar-refractivity contribution in [3.05, 3.63) is 77.5 Å². The first kappa shape index (κ1) is 18.2. The van der Waals surface area contributed by atoms with E-state index in [1.807, 2.05) is 0 Å². The summed E-state index contributed by atoms with van der Waals surface area (Å²) in [6, 6.07) is 4.30. The molecule has 0 saturated carbocycles. The van der Waals surface area contributed by atoms with Crippen molar-refractivity contribution >= 4 is 23.1 Å². The maximum absolute atomic E-state index is 13.6. The molecule has 138 valence electrons. The van der Waals surface area contributed by atoms with Gasteiger partial charge in [-0.3, -0.25) is 4.79 Å². The molecular weight excluding hydrogens is 371 g/mol. The Balaban J connectivity index is 1.73. The maximum Gasteiger partial charge on any atom is 0.275 e. The molecule has 0 bridgehead atoms. The van der Waals surface area contributed by atoms with Crippen molar-refractivity contribution in [2.75, 3.05) is 10.6 Å². The highest BCUT2D eigenvalue weighted by molar-refractivity contribution is 6.02. The molecule has 0 atom stereocenters. The van der Waals surface area contributed by atoms with Gasteiger partial charge in [0.25, 0.3) is 5.91 Å². The summed E-state index contributed by atoms with van der Waals surface area (Å²) in [6.45, 7) is 0. The smallest absolute Gasteiger partial charge is 0.275 e. The number of nitrogens with one attached hydrogen (secondary N) is 2. The van der Waals surface area contributed by atoms with Gasteiger partial charge in [-0.25, -0.2) is 31.9 Å². The molecule has 2 aromatic carbocycles. The van der Waals surface area contributed by atoms with Gasteiger partial charge in [-0.1, -0.05) is 0 Å². The zero-order valence-corrected chi connectivity index (χ0v) is 13.2. The zero-order chi connectivity index (χ0) is 19.6. The molecule has 1 aromatic heterocycles. The van der Waals surface area contributed by atoms with Crippen LogP contribution < -0.4 is 10.6 Å². The number of anilines is 3. The number of carbonyl (C=O) groups excluding carboxylic acids is 1. The van der Waals surface area contributed by atoms with E-state index >= 15 is 0 Å². The molecule has 0 aliphatic carbocycles. The standard InChI is InChI=1S/C17H9F5N4O/c18-8-1-3-11(10(20)5-8)26-17(27)13-6-24-14(7-23-13)25-12-4-2-9(19)15(21)16(12)22/h1-7H,(H,24,25)(H,26,27). The number of amides is 1. The van der Waals surface area contributed by atoms with Gasteiger partial charge in [0.2, 0.25) is 0 Å². The van der Waals surface area contributed by atoms with Gasteiger partial charge >= 0.3 is 0 Å². The van der Waals surface area contributed by atoms with Crippen LogP contribution in [0, 0.1) is 29.1 Å². The first-order valence-electron chi connectivity index (χ1n) is 7.34. The van der Waals surface area contributed by atoms with Gasteiger partial charge < -0.3 is 10.6 Å². The van der Waals surface area contributed by atoms with E-state index in [0.29, 0.717) is 6.07 Å². The molecule has 0 unspecified atom stereocenters. The van der Waals surface area contributed by atoms with Crippen molar-refractivity contribution in [2.45, 2.75) is 0 Å². The van der Waals surface area contributed by atoms with E-state index in [0.717, 1.165) is 36.7 Å². The molecule has 0 spiro atoms. The fourth-order valence-corrected chi connectivity index (χ4v) is 2.05. The number of benzene rings is 2. The lowest BCUT2D eigenvalue weighted by atomic mass is 10.2. The van der Waals surface area contributed by atoms with Crippen LogP contribution in [0.4, 0.5) is 39.1 Å². The minimum Gasteiger partial charge on any atom is -0.336 e. The molecule has 1 heterocycles. The van der Waals surface area contributed by atoms with E-state index in [1.165, 1.54) is 0 Å². The summed E-state index contributed by atoms with van der Waals surface area (Å²) in [6.07, 6.45) is 2.04. The number of halogens is 5. The van der Waals surface area contributed by atoms with Crippen molar-refractivity contribution in [3.8, 4) is 0 Å². The van der Waals surface area contributed by atoms with Crippen LogP contribution >= 0.6 is 0 Å². The third-order valence-corrected chi connectivity index (χ3v) is 3.36. The van der Waals surface area contributed by atoms with Crippen molar-refractivity contribution in [3.63, 3.8) is 0 Å². The van der Waals surface area contributed by atoms with Crippen LogP contribution in [-0.4, -0.2) is 15.9 Å². The van der Waals surface area contributed by atoms with Crippen molar-refractivity contribution in [1.82, 2.24) is 9.97 Å². The zero-order valence-electron chi connectivity index (χ0n) is 13.2. The van der Waals surface area contributed by atoms with Gasteiger partial charge in [0.05, 0.1) is 23.8 Å². The predicted octanol–water partition coefficient (Wildman–Crippen LogP) is 4.17. The summed E-state index contributed by atoms with van der Waals surface area (Å²) in [4.78, 5) is 19.6. The van der Waals surface area contributed by atoms with Crippen LogP contribution in [0.5, 0.6) is 0 Å². The van der Waals surface area contributed by atoms with E-state index in [1.54, 1.807) is 0 Å². The van der Waals surface area contributed by atoms with E-state index in [-0.39, 0.29) is 22.9 Å². The summed E-state index contributed by atoms with van der Waals surface area (Å²) in [5.74, 6) is -7.07. The average Bonchev–Trinajstić information content (AvgIpc) is 2.65. The number of aromatic nitrogens is 2. The van der Waals surface area contributed by atoms with E-state index in [9.17, 15) is 26.7 Å². The Morgan fingerprint density at radius 3 is 2.22 bits per heavy atom. The number of carbonyl (C=O) groups is 1. The molecule has 0 saturated heterocycles. The fourth-order valence-electron chi connectivity index (χ4n) is 2.05. The third kappa shape index (κ3) is 4.00. The van der Waals surface area contributed by atoms with Crippen LogP contribution in [0.3, 0.4) is 0 Å². The van der Waals surface area contributed by atoms with E-state index in [4.69, 9.17) is 0 Å². The summed E-state index contributed by atoms with van der Waals surface area (Å²) >= 11 is 0. The first-order chi connectivity index (χ1) is 12.8. The Hall–Kier alpha value is -3.56. The molecular formula is C17H9F5N4O. The summed E-state index contributed by atoms with van der Waals surface area (Å²) < 4.78 is 66.1. The second-order valence-electron chi connectivity index (χ2n) is 5.21. The predicted molar refractivity (Wildman–Crippen MR) is 85.9 cm³/mol. The van der Waals surface area contributed by atoms with Gasteiger partial charge in [0.1, 0.15) is 23.1 Å². The Morgan fingerprint density at radius 2 is 1.56 bits per heavy atom. The van der Waals surface area contributed by atoms with Crippen molar-refractivity contribution in [1.29, 1.82) is 0 Å². The van der Waals surface area contributed by atoms with Crippen LogP contribution in [0.15, 0.2) is 42.7 Å². The topological polar surface area (TPSA) is 66.9 Å². The van der Waals surface area contributed by atoms with Crippen molar-refractivity contribution in [2.24, 2.45) is 0 Å². The van der Waals surface area contributed by atoms with Crippen LogP contribution in [-0.2, 0) is 0 Å². The lowest BCUT2D eigenvalue weighted by Crippen LogP contribution is -2.15. The fraction of sp³-hybridized carbons (Fsp3) is 0. The minimum absolute atomic E-state index is 0.0515. The second kappa shape index (κ2) is 7.36. The Morgan fingerprint density at radius 1 is 0.815 bits per heavy atom. The molecule has 0 radical (unpaired) electrons. The molecule has 0 aliphatic rings. The normalized spacial score (nSPS) is 10.6. The highest BCUT2D eigenvalue weighted by Crippen LogP contribution is 2.22. The monoisotopic (exact) mass is 380 g/mol. The van der Waals surface area contributed by atoms with Crippen LogP contribution in [0.2, 0.25) is 0 Å². The molecule has 0 aliphatic heterocycles. The molecule has 0 fully saturated rings. The van der Waals surface area contributed by atoms with Crippen LogP contribution in [0.25, 0.3) is 0 Å². The van der Waals surface area contributed by atoms with Gasteiger partial charge in [0, 0.05) is 6.07 Å². The van der Waals surface area contributed by atoms with Gasteiger partial charge in [0.15, 0.2) is 17.5 Å². The number of hydrogen-bond acceptors (Lipinski definition) is 4. The number of hydrogen-bond donors (Lipinski definition) is 2. The molecule has 2 N–H and O–H groups in total.